The smallest absolute Gasteiger partial charge is 0.363 e. The van der Waals surface area contributed by atoms with Crippen LogP contribution >= 0.6 is 11.6 Å². The lowest BCUT2D eigenvalue weighted by Crippen LogP contribution is -2.05. The van der Waals surface area contributed by atoms with Gasteiger partial charge in [-0.25, -0.2) is 9.79 Å². The molecule has 0 aromatic heterocycles. The normalized spacial score (nSPS) is 16.0. The summed E-state index contributed by atoms with van der Waals surface area (Å²) in [4.78, 5) is 16.2. The molecule has 2 aromatic carbocycles. The molecule has 0 radical (unpaired) electrons. The summed E-state index contributed by atoms with van der Waals surface area (Å²) in [5.74, 6) is -0.106. The van der Waals surface area contributed by atoms with Crippen LogP contribution in [0.25, 0.3) is 6.08 Å². The first-order valence-corrected chi connectivity index (χ1v) is 6.85. The van der Waals surface area contributed by atoms with Gasteiger partial charge in [-0.1, -0.05) is 41.4 Å². The highest BCUT2D eigenvalue weighted by atomic mass is 35.5. The lowest BCUT2D eigenvalue weighted by Gasteiger charge is -1.99. The molecule has 0 atom stereocenters. The number of nitrogens with zero attached hydrogens (tertiary/aromatic N) is 1. The first kappa shape index (κ1) is 13.6. The number of carbonyl (C=O) groups excluding carboxylic acids is 1. The minimum Gasteiger partial charge on any atom is -0.402 e. The molecule has 2 aromatic rings. The number of aryl methyl sites for hydroxylation is 1. The van der Waals surface area contributed by atoms with Gasteiger partial charge in [0, 0.05) is 10.6 Å². The van der Waals surface area contributed by atoms with Crippen LogP contribution in [0, 0.1) is 6.92 Å². The summed E-state index contributed by atoms with van der Waals surface area (Å²) in [6.07, 6.45) is 1.68. The van der Waals surface area contributed by atoms with Gasteiger partial charge in [-0.3, -0.25) is 0 Å². The Kier molecular flexibility index (Phi) is 3.59. The van der Waals surface area contributed by atoms with E-state index in [-0.39, 0.29) is 5.70 Å². The molecule has 0 bridgehead atoms. The number of halogens is 1. The van der Waals surface area contributed by atoms with E-state index in [1.165, 1.54) is 0 Å². The van der Waals surface area contributed by atoms with Crippen molar-refractivity contribution in [2.75, 3.05) is 0 Å². The van der Waals surface area contributed by atoms with E-state index in [2.05, 4.69) is 4.99 Å². The van der Waals surface area contributed by atoms with Crippen LogP contribution in [0.1, 0.15) is 16.7 Å². The molecule has 1 heterocycles. The first-order valence-electron chi connectivity index (χ1n) is 6.47. The first-order chi connectivity index (χ1) is 10.1. The number of esters is 1. The van der Waals surface area contributed by atoms with E-state index in [9.17, 15) is 4.79 Å². The maximum atomic E-state index is 11.9. The van der Waals surface area contributed by atoms with Crippen LogP contribution < -0.4 is 0 Å². The number of rotatable bonds is 2. The zero-order valence-corrected chi connectivity index (χ0v) is 12.1. The monoisotopic (exact) mass is 297 g/mol. The summed E-state index contributed by atoms with van der Waals surface area (Å²) in [6, 6.07) is 14.8. The molecule has 0 amide bonds. The van der Waals surface area contributed by atoms with Crippen molar-refractivity contribution in [2.45, 2.75) is 6.92 Å². The molecule has 0 aliphatic carbocycles. The van der Waals surface area contributed by atoms with E-state index in [1.54, 1.807) is 18.2 Å². The second kappa shape index (κ2) is 5.54. The number of aliphatic imine (C=N–C) groups is 1. The van der Waals surface area contributed by atoms with Gasteiger partial charge in [-0.15, -0.1) is 0 Å². The fraction of sp³-hybridized carbons (Fsp3) is 0.0588. The number of carbonyl (C=O) groups is 1. The molecule has 0 unspecified atom stereocenters. The Bertz CT molecular complexity index is 761. The molecule has 1 aliphatic heterocycles. The topological polar surface area (TPSA) is 38.7 Å². The second-order valence-corrected chi connectivity index (χ2v) is 5.19. The van der Waals surface area contributed by atoms with E-state index in [1.807, 2.05) is 43.3 Å². The summed E-state index contributed by atoms with van der Waals surface area (Å²) in [7, 11) is 0. The maximum Gasteiger partial charge on any atom is 0.363 e. The van der Waals surface area contributed by atoms with Crippen molar-refractivity contribution in [1.29, 1.82) is 0 Å². The van der Waals surface area contributed by atoms with Crippen molar-refractivity contribution in [3.05, 3.63) is 75.9 Å². The molecule has 3 rings (SSSR count). The van der Waals surface area contributed by atoms with Gasteiger partial charge in [0.25, 0.3) is 0 Å². The molecule has 0 N–H and O–H groups in total. The molecule has 1 aliphatic rings. The Hall–Kier alpha value is -2.39. The van der Waals surface area contributed by atoms with Gasteiger partial charge in [0.2, 0.25) is 5.90 Å². The molecule has 0 saturated carbocycles. The van der Waals surface area contributed by atoms with Gasteiger partial charge in [-0.05, 0) is 42.8 Å². The summed E-state index contributed by atoms with van der Waals surface area (Å²) in [6.45, 7) is 1.98. The van der Waals surface area contributed by atoms with Crippen LogP contribution in [0.4, 0.5) is 0 Å². The number of ether oxygens (including phenoxy) is 1. The van der Waals surface area contributed by atoms with Crippen molar-refractivity contribution in [1.82, 2.24) is 0 Å². The number of hydrogen-bond donors (Lipinski definition) is 0. The Balaban J connectivity index is 1.93. The van der Waals surface area contributed by atoms with E-state index < -0.39 is 5.97 Å². The molecule has 3 nitrogen and oxygen atoms in total. The standard InChI is InChI=1S/C17H12ClNO2/c1-11-3-2-4-13(9-11)16-19-15(17(20)21-16)10-12-5-7-14(18)8-6-12/h2-10H,1H3. The lowest BCUT2D eigenvalue weighted by atomic mass is 10.1. The molecule has 104 valence electrons. The van der Waals surface area contributed by atoms with Gasteiger partial charge in [-0.2, -0.15) is 0 Å². The van der Waals surface area contributed by atoms with Gasteiger partial charge in [0.1, 0.15) is 0 Å². The quantitative estimate of drug-likeness (QED) is 0.621. The van der Waals surface area contributed by atoms with E-state index in [0.29, 0.717) is 10.9 Å². The predicted molar refractivity (Wildman–Crippen MR) is 83.2 cm³/mol. The van der Waals surface area contributed by atoms with Crippen LogP contribution in [0.2, 0.25) is 5.02 Å². The van der Waals surface area contributed by atoms with Crippen LogP contribution in [0.15, 0.2) is 59.2 Å². The minimum absolute atomic E-state index is 0.286. The average molecular weight is 298 g/mol. The second-order valence-electron chi connectivity index (χ2n) is 4.76. The van der Waals surface area contributed by atoms with Crippen molar-refractivity contribution < 1.29 is 9.53 Å². The molecular weight excluding hydrogens is 286 g/mol. The summed E-state index contributed by atoms with van der Waals surface area (Å²) in [5.41, 5.74) is 3.01. The summed E-state index contributed by atoms with van der Waals surface area (Å²) in [5, 5.41) is 0.648. The molecule has 0 spiro atoms. The number of hydrogen-bond acceptors (Lipinski definition) is 3. The van der Waals surface area contributed by atoms with E-state index in [0.717, 1.165) is 16.7 Å². The molecule has 4 heteroatoms. The van der Waals surface area contributed by atoms with Crippen LogP contribution in [0.5, 0.6) is 0 Å². The molecule has 0 fully saturated rings. The zero-order chi connectivity index (χ0) is 14.8. The van der Waals surface area contributed by atoms with Crippen LogP contribution in [-0.2, 0) is 9.53 Å². The average Bonchev–Trinajstić information content (AvgIpc) is 2.83. The fourth-order valence-electron chi connectivity index (χ4n) is 2.03. The van der Waals surface area contributed by atoms with Crippen molar-refractivity contribution in [3.8, 4) is 0 Å². The Morgan fingerprint density at radius 2 is 1.90 bits per heavy atom. The van der Waals surface area contributed by atoms with Gasteiger partial charge >= 0.3 is 5.97 Å². The highest BCUT2D eigenvalue weighted by molar-refractivity contribution is 6.30. The van der Waals surface area contributed by atoms with E-state index in [4.69, 9.17) is 16.3 Å². The molecule has 21 heavy (non-hydrogen) atoms. The number of benzene rings is 2. The SMILES string of the molecule is Cc1cccc(C2=NC(=Cc3ccc(Cl)cc3)C(=O)O2)c1. The van der Waals surface area contributed by atoms with Crippen LogP contribution in [-0.4, -0.2) is 11.9 Å². The predicted octanol–water partition coefficient (Wildman–Crippen LogP) is 3.99. The van der Waals surface area contributed by atoms with E-state index >= 15 is 0 Å². The van der Waals surface area contributed by atoms with Gasteiger partial charge < -0.3 is 4.74 Å². The largest absolute Gasteiger partial charge is 0.402 e. The third-order valence-electron chi connectivity index (χ3n) is 3.06. The van der Waals surface area contributed by atoms with Crippen LogP contribution in [0.3, 0.4) is 0 Å². The third-order valence-corrected chi connectivity index (χ3v) is 3.31. The molecular formula is C17H12ClNO2. The summed E-state index contributed by atoms with van der Waals surface area (Å²) >= 11 is 5.84. The van der Waals surface area contributed by atoms with Crippen molar-refractivity contribution >= 4 is 29.5 Å². The van der Waals surface area contributed by atoms with Gasteiger partial charge in [0.05, 0.1) is 0 Å². The molecule has 0 saturated heterocycles. The van der Waals surface area contributed by atoms with Gasteiger partial charge in [0.15, 0.2) is 5.70 Å². The van der Waals surface area contributed by atoms with Crippen molar-refractivity contribution in [2.24, 2.45) is 4.99 Å². The lowest BCUT2D eigenvalue weighted by molar-refractivity contribution is -0.129. The maximum absolute atomic E-state index is 11.9. The summed E-state index contributed by atoms with van der Waals surface area (Å²) < 4.78 is 5.23. The highest BCUT2D eigenvalue weighted by Gasteiger charge is 2.24. The van der Waals surface area contributed by atoms with Crippen molar-refractivity contribution in [3.63, 3.8) is 0 Å². The fourth-order valence-corrected chi connectivity index (χ4v) is 2.15. The number of cyclic esters (lactones) is 1. The zero-order valence-electron chi connectivity index (χ0n) is 11.3. The Morgan fingerprint density at radius 3 is 2.62 bits per heavy atom. The third kappa shape index (κ3) is 3.03. The minimum atomic E-state index is -0.443. The Morgan fingerprint density at radius 1 is 1.14 bits per heavy atom. The highest BCUT2D eigenvalue weighted by Crippen LogP contribution is 2.20. The Labute approximate surface area is 127 Å².